The average Bonchev–Trinajstić information content (AvgIpc) is 2.93. The molecule has 0 aliphatic rings. The molecule has 0 fully saturated rings. The number of fused-ring (bicyclic) bond motifs is 1. The fraction of sp³-hybridized carbons (Fsp3) is 0.571. The van der Waals surface area contributed by atoms with Gasteiger partial charge in [-0.1, -0.05) is 20.8 Å². The molecule has 104 valence electrons. The van der Waals surface area contributed by atoms with Gasteiger partial charge < -0.3 is 10.4 Å². The van der Waals surface area contributed by atoms with Crippen molar-refractivity contribution in [3.05, 3.63) is 17.3 Å². The molecule has 5 heteroatoms. The molecule has 2 rings (SSSR count). The molecular formula is C14H21N3OS. The minimum absolute atomic E-state index is 0.108. The first-order valence-electron chi connectivity index (χ1n) is 6.81. The lowest BCUT2D eigenvalue weighted by Crippen LogP contribution is -2.41. The van der Waals surface area contributed by atoms with Crippen molar-refractivity contribution in [1.29, 1.82) is 0 Å². The molecule has 2 aromatic heterocycles. The fourth-order valence-electron chi connectivity index (χ4n) is 2.09. The normalized spacial score (nSPS) is 12.0. The van der Waals surface area contributed by atoms with Gasteiger partial charge in [-0.05, 0) is 24.3 Å². The third-order valence-electron chi connectivity index (χ3n) is 3.73. The Hall–Kier alpha value is -1.20. The molecule has 0 atom stereocenters. The summed E-state index contributed by atoms with van der Waals surface area (Å²) in [5.41, 5.74) is -0.297. The smallest absolute Gasteiger partial charge is 0.139 e. The van der Waals surface area contributed by atoms with Crippen molar-refractivity contribution in [2.24, 2.45) is 0 Å². The van der Waals surface area contributed by atoms with Gasteiger partial charge in [-0.15, -0.1) is 11.3 Å². The van der Waals surface area contributed by atoms with Crippen LogP contribution in [0.2, 0.25) is 0 Å². The fourth-order valence-corrected chi connectivity index (χ4v) is 2.88. The SMILES string of the molecule is CCc1nc(NC(CC)(CC)CO)c2ccsc2n1. The summed E-state index contributed by atoms with van der Waals surface area (Å²) in [6.07, 6.45) is 2.53. The summed E-state index contributed by atoms with van der Waals surface area (Å²) in [6.45, 7) is 6.33. The summed E-state index contributed by atoms with van der Waals surface area (Å²) in [5, 5.41) is 16.2. The Balaban J connectivity index is 2.46. The van der Waals surface area contributed by atoms with E-state index in [0.717, 1.165) is 41.1 Å². The maximum atomic E-state index is 9.68. The molecular weight excluding hydrogens is 258 g/mol. The highest BCUT2D eigenvalue weighted by molar-refractivity contribution is 7.16. The predicted octanol–water partition coefficient (Wildman–Crippen LogP) is 3.22. The monoisotopic (exact) mass is 279 g/mol. The Morgan fingerprint density at radius 3 is 2.58 bits per heavy atom. The van der Waals surface area contributed by atoms with E-state index in [9.17, 15) is 5.11 Å². The van der Waals surface area contributed by atoms with Gasteiger partial charge >= 0.3 is 0 Å². The van der Waals surface area contributed by atoms with Crippen LogP contribution in [0.5, 0.6) is 0 Å². The van der Waals surface area contributed by atoms with Crippen molar-refractivity contribution < 1.29 is 5.11 Å². The van der Waals surface area contributed by atoms with E-state index in [2.05, 4.69) is 36.1 Å². The second-order valence-electron chi connectivity index (χ2n) is 4.75. The van der Waals surface area contributed by atoms with Crippen LogP contribution in [0.15, 0.2) is 11.4 Å². The van der Waals surface area contributed by atoms with Crippen LogP contribution in [0.3, 0.4) is 0 Å². The zero-order chi connectivity index (χ0) is 13.9. The molecule has 0 saturated carbocycles. The standard InChI is InChI=1S/C14H21N3OS/c1-4-11-15-12(10-7-8-19-13(10)16-11)17-14(5-2,6-3)9-18/h7-8,18H,4-6,9H2,1-3H3,(H,15,16,17). The maximum absolute atomic E-state index is 9.68. The van der Waals surface area contributed by atoms with E-state index in [0.29, 0.717) is 0 Å². The topological polar surface area (TPSA) is 58.0 Å². The Kier molecular flexibility index (Phi) is 4.37. The minimum Gasteiger partial charge on any atom is -0.394 e. The van der Waals surface area contributed by atoms with E-state index in [1.807, 2.05) is 11.4 Å². The number of nitrogens with one attached hydrogen (secondary N) is 1. The summed E-state index contributed by atoms with van der Waals surface area (Å²) in [6, 6.07) is 2.04. The quantitative estimate of drug-likeness (QED) is 0.852. The summed E-state index contributed by atoms with van der Waals surface area (Å²) in [7, 11) is 0. The number of aromatic nitrogens is 2. The third-order valence-corrected chi connectivity index (χ3v) is 4.53. The number of anilines is 1. The largest absolute Gasteiger partial charge is 0.394 e. The van der Waals surface area contributed by atoms with E-state index in [4.69, 9.17) is 0 Å². The molecule has 0 aromatic carbocycles. The Morgan fingerprint density at radius 2 is 2.00 bits per heavy atom. The summed E-state index contributed by atoms with van der Waals surface area (Å²) < 4.78 is 0. The highest BCUT2D eigenvalue weighted by atomic mass is 32.1. The van der Waals surface area contributed by atoms with E-state index in [-0.39, 0.29) is 12.1 Å². The number of rotatable bonds is 6. The summed E-state index contributed by atoms with van der Waals surface area (Å²) >= 11 is 1.63. The number of hydrogen-bond donors (Lipinski definition) is 2. The van der Waals surface area contributed by atoms with Gasteiger partial charge in [0, 0.05) is 6.42 Å². The van der Waals surface area contributed by atoms with Crippen molar-refractivity contribution in [2.45, 2.75) is 45.6 Å². The van der Waals surface area contributed by atoms with Crippen molar-refractivity contribution in [1.82, 2.24) is 9.97 Å². The first kappa shape index (κ1) is 14.2. The highest BCUT2D eigenvalue weighted by Crippen LogP contribution is 2.29. The van der Waals surface area contributed by atoms with Crippen LogP contribution in [0, 0.1) is 0 Å². The number of aliphatic hydroxyl groups is 1. The van der Waals surface area contributed by atoms with Gasteiger partial charge in [0.25, 0.3) is 0 Å². The van der Waals surface area contributed by atoms with Gasteiger partial charge in [0.05, 0.1) is 17.5 Å². The van der Waals surface area contributed by atoms with Crippen LogP contribution in [0.4, 0.5) is 5.82 Å². The molecule has 2 heterocycles. The van der Waals surface area contributed by atoms with Crippen LogP contribution >= 0.6 is 11.3 Å². The molecule has 0 bridgehead atoms. The molecule has 0 aliphatic heterocycles. The van der Waals surface area contributed by atoms with E-state index >= 15 is 0 Å². The molecule has 0 amide bonds. The molecule has 2 aromatic rings. The van der Waals surface area contributed by atoms with Gasteiger partial charge in [-0.2, -0.15) is 0 Å². The van der Waals surface area contributed by atoms with E-state index in [1.54, 1.807) is 11.3 Å². The van der Waals surface area contributed by atoms with Crippen molar-refractivity contribution in [3.8, 4) is 0 Å². The highest BCUT2D eigenvalue weighted by Gasteiger charge is 2.26. The van der Waals surface area contributed by atoms with E-state index < -0.39 is 0 Å². The second-order valence-corrected chi connectivity index (χ2v) is 5.65. The van der Waals surface area contributed by atoms with Crippen LogP contribution in [0.1, 0.15) is 39.4 Å². The van der Waals surface area contributed by atoms with Crippen LogP contribution in [-0.2, 0) is 6.42 Å². The molecule has 2 N–H and O–H groups in total. The number of thiophene rings is 1. The van der Waals surface area contributed by atoms with Crippen molar-refractivity contribution in [2.75, 3.05) is 11.9 Å². The minimum atomic E-state index is -0.297. The molecule has 0 saturated heterocycles. The molecule has 0 unspecified atom stereocenters. The Morgan fingerprint density at radius 1 is 1.26 bits per heavy atom. The number of aryl methyl sites for hydroxylation is 1. The lowest BCUT2D eigenvalue weighted by Gasteiger charge is -2.31. The number of nitrogens with zero attached hydrogens (tertiary/aromatic N) is 2. The summed E-state index contributed by atoms with van der Waals surface area (Å²) in [5.74, 6) is 1.69. The number of hydrogen-bond acceptors (Lipinski definition) is 5. The molecule has 19 heavy (non-hydrogen) atoms. The first-order valence-corrected chi connectivity index (χ1v) is 7.69. The summed E-state index contributed by atoms with van der Waals surface area (Å²) in [4.78, 5) is 10.1. The average molecular weight is 279 g/mol. The first-order chi connectivity index (χ1) is 9.18. The van der Waals surface area contributed by atoms with Gasteiger partial charge in [-0.25, -0.2) is 9.97 Å². The van der Waals surface area contributed by atoms with Crippen LogP contribution in [-0.4, -0.2) is 27.2 Å². The van der Waals surface area contributed by atoms with Gasteiger partial charge in [0.15, 0.2) is 0 Å². The molecule has 0 aliphatic carbocycles. The molecule has 0 spiro atoms. The zero-order valence-electron chi connectivity index (χ0n) is 11.7. The van der Waals surface area contributed by atoms with Gasteiger partial charge in [0.1, 0.15) is 16.5 Å². The predicted molar refractivity (Wildman–Crippen MR) is 80.8 cm³/mol. The zero-order valence-corrected chi connectivity index (χ0v) is 12.5. The van der Waals surface area contributed by atoms with Gasteiger partial charge in [0.2, 0.25) is 0 Å². The molecule has 0 radical (unpaired) electrons. The Labute approximate surface area is 117 Å². The Bertz CT molecular complexity index is 540. The lowest BCUT2D eigenvalue weighted by molar-refractivity contribution is 0.202. The molecule has 4 nitrogen and oxygen atoms in total. The van der Waals surface area contributed by atoms with Crippen molar-refractivity contribution >= 4 is 27.4 Å². The van der Waals surface area contributed by atoms with Crippen LogP contribution in [0.25, 0.3) is 10.2 Å². The van der Waals surface area contributed by atoms with E-state index in [1.165, 1.54) is 0 Å². The van der Waals surface area contributed by atoms with Crippen molar-refractivity contribution in [3.63, 3.8) is 0 Å². The maximum Gasteiger partial charge on any atom is 0.139 e. The van der Waals surface area contributed by atoms with Gasteiger partial charge in [-0.3, -0.25) is 0 Å². The third kappa shape index (κ3) is 2.72. The lowest BCUT2D eigenvalue weighted by atomic mass is 9.94. The number of aliphatic hydroxyl groups excluding tert-OH is 1. The second kappa shape index (κ2) is 5.84. The van der Waals surface area contributed by atoms with Crippen LogP contribution < -0.4 is 5.32 Å².